The molecule has 0 heterocycles. The van der Waals surface area contributed by atoms with Crippen LogP contribution < -0.4 is 10.3 Å². The van der Waals surface area contributed by atoms with E-state index in [0.29, 0.717) is 13.1 Å². The third-order valence-corrected chi connectivity index (χ3v) is 8.09. The first-order valence-corrected chi connectivity index (χ1v) is 12.1. The Hall–Kier alpha value is -1.49. The van der Waals surface area contributed by atoms with E-state index in [9.17, 15) is 21.6 Å². The van der Waals surface area contributed by atoms with Crippen LogP contribution in [0.4, 0.5) is 0 Å². The smallest absolute Gasteiger partial charge is 0.257 e. The lowest BCUT2D eigenvalue weighted by atomic mass is 9.89. The van der Waals surface area contributed by atoms with Crippen LogP contribution in [0.15, 0.2) is 34.1 Å². The maximum absolute atomic E-state index is 12.4. The first-order valence-electron chi connectivity index (χ1n) is 9.14. The average molecular weight is 418 g/mol. The van der Waals surface area contributed by atoms with Crippen molar-refractivity contribution >= 4 is 26.0 Å². The number of nitrogens with one attached hydrogen (secondary N) is 2. The Bertz CT molecular complexity index is 841. The molecule has 2 rings (SSSR count). The zero-order valence-electron chi connectivity index (χ0n) is 15.6. The van der Waals surface area contributed by atoms with Gasteiger partial charge >= 0.3 is 0 Å². The van der Waals surface area contributed by atoms with Crippen molar-refractivity contribution in [1.29, 1.82) is 0 Å². The number of carbonyl (C=O) groups excluding carboxylic acids is 1. The van der Waals surface area contributed by atoms with Crippen LogP contribution >= 0.6 is 0 Å². The maximum Gasteiger partial charge on any atom is 0.257 e. The summed E-state index contributed by atoms with van der Waals surface area (Å²) in [6.45, 7) is 4.12. The summed E-state index contributed by atoms with van der Waals surface area (Å²) in [6.07, 6.45) is 4.54. The van der Waals surface area contributed by atoms with E-state index < -0.39 is 20.0 Å². The van der Waals surface area contributed by atoms with Crippen molar-refractivity contribution in [2.75, 3.05) is 13.1 Å². The van der Waals surface area contributed by atoms with E-state index >= 15 is 0 Å². The van der Waals surface area contributed by atoms with Crippen molar-refractivity contribution in [3.05, 3.63) is 24.3 Å². The number of hydrogen-bond acceptors (Lipinski definition) is 5. The second-order valence-corrected chi connectivity index (χ2v) is 10.1. The third kappa shape index (κ3) is 5.28. The fraction of sp³-hybridized carbons (Fsp3) is 0.588. The Morgan fingerprint density at radius 3 is 2.00 bits per heavy atom. The number of rotatable bonds is 8. The summed E-state index contributed by atoms with van der Waals surface area (Å²) in [5, 5.41) is 0. The van der Waals surface area contributed by atoms with Gasteiger partial charge in [0.25, 0.3) is 10.0 Å². The van der Waals surface area contributed by atoms with Crippen LogP contribution in [0.2, 0.25) is 0 Å². The molecule has 1 aromatic rings. The van der Waals surface area contributed by atoms with E-state index in [2.05, 4.69) is 10.3 Å². The van der Waals surface area contributed by atoms with Crippen LogP contribution in [-0.2, 0) is 24.8 Å². The predicted octanol–water partition coefficient (Wildman–Crippen LogP) is 1.61. The Labute approximate surface area is 161 Å². The number of carbonyl (C=O) groups is 1. The minimum Gasteiger partial charge on any atom is -0.277 e. The maximum atomic E-state index is 12.4. The number of hydrogen-bond donors (Lipinski definition) is 2. The molecule has 10 heteroatoms. The molecule has 0 radical (unpaired) electrons. The highest BCUT2D eigenvalue weighted by molar-refractivity contribution is 7.89. The van der Waals surface area contributed by atoms with E-state index in [1.165, 1.54) is 28.6 Å². The molecular weight excluding hydrogens is 390 g/mol. The molecule has 152 valence electrons. The van der Waals surface area contributed by atoms with Gasteiger partial charge in [-0.15, -0.1) is 4.83 Å². The van der Waals surface area contributed by atoms with Gasteiger partial charge in [-0.3, -0.25) is 10.2 Å². The molecular formula is C17H27N3O5S2. The lowest BCUT2D eigenvalue weighted by Gasteiger charge is -2.21. The zero-order valence-corrected chi connectivity index (χ0v) is 17.3. The third-order valence-electron chi connectivity index (χ3n) is 4.76. The van der Waals surface area contributed by atoms with Crippen LogP contribution in [0.3, 0.4) is 0 Å². The molecule has 1 aliphatic carbocycles. The number of amides is 1. The highest BCUT2D eigenvalue weighted by Gasteiger charge is 2.25. The summed E-state index contributed by atoms with van der Waals surface area (Å²) < 4.78 is 50.9. The van der Waals surface area contributed by atoms with E-state index in [1.54, 1.807) is 13.8 Å². The topological polar surface area (TPSA) is 113 Å². The molecule has 0 spiro atoms. The monoisotopic (exact) mass is 417 g/mol. The predicted molar refractivity (Wildman–Crippen MR) is 102 cm³/mol. The van der Waals surface area contributed by atoms with E-state index in [-0.39, 0.29) is 21.6 Å². The van der Waals surface area contributed by atoms with Gasteiger partial charge in [0.05, 0.1) is 9.79 Å². The van der Waals surface area contributed by atoms with Gasteiger partial charge in [-0.05, 0) is 37.1 Å². The summed E-state index contributed by atoms with van der Waals surface area (Å²) >= 11 is 0. The Balaban J connectivity index is 2.07. The van der Waals surface area contributed by atoms with Crippen LogP contribution in [0, 0.1) is 5.92 Å². The Morgan fingerprint density at radius 2 is 1.48 bits per heavy atom. The van der Waals surface area contributed by atoms with Gasteiger partial charge in [0.15, 0.2) is 0 Å². The van der Waals surface area contributed by atoms with Gasteiger partial charge in [0, 0.05) is 19.0 Å². The highest BCUT2D eigenvalue weighted by atomic mass is 32.2. The van der Waals surface area contributed by atoms with Gasteiger partial charge in [-0.25, -0.2) is 16.8 Å². The van der Waals surface area contributed by atoms with E-state index in [1.807, 2.05) is 0 Å². The lowest BCUT2D eigenvalue weighted by molar-refractivity contribution is -0.126. The molecule has 0 unspecified atom stereocenters. The van der Waals surface area contributed by atoms with Crippen molar-refractivity contribution in [1.82, 2.24) is 14.6 Å². The van der Waals surface area contributed by atoms with Gasteiger partial charge in [0.2, 0.25) is 15.9 Å². The van der Waals surface area contributed by atoms with Crippen LogP contribution in [-0.4, -0.2) is 40.1 Å². The Morgan fingerprint density at radius 1 is 0.963 bits per heavy atom. The fourth-order valence-electron chi connectivity index (χ4n) is 3.15. The van der Waals surface area contributed by atoms with Crippen LogP contribution in [0.5, 0.6) is 0 Å². The molecule has 0 bridgehead atoms. The average Bonchev–Trinajstić information content (AvgIpc) is 2.67. The molecule has 1 aromatic carbocycles. The SMILES string of the molecule is CCN(CC)S(=O)(=O)c1ccc(S(=O)(=O)NNC(=O)C2CCCCC2)cc1. The highest BCUT2D eigenvalue weighted by Crippen LogP contribution is 2.23. The van der Waals surface area contributed by atoms with Gasteiger partial charge < -0.3 is 0 Å². The normalized spacial score (nSPS) is 16.4. The number of sulfonamides is 2. The molecule has 1 fully saturated rings. The summed E-state index contributed by atoms with van der Waals surface area (Å²) in [4.78, 5) is 14.1. The summed E-state index contributed by atoms with van der Waals surface area (Å²) in [7, 11) is -7.63. The van der Waals surface area contributed by atoms with Crippen molar-refractivity contribution in [2.24, 2.45) is 5.92 Å². The minimum absolute atomic E-state index is 0.0244. The van der Waals surface area contributed by atoms with E-state index in [4.69, 9.17) is 0 Å². The van der Waals surface area contributed by atoms with Crippen molar-refractivity contribution in [3.8, 4) is 0 Å². The molecule has 27 heavy (non-hydrogen) atoms. The summed E-state index contributed by atoms with van der Waals surface area (Å²) in [5.74, 6) is -0.512. The van der Waals surface area contributed by atoms with Gasteiger partial charge in [-0.1, -0.05) is 33.1 Å². The number of hydrazine groups is 1. The molecule has 1 amide bonds. The van der Waals surface area contributed by atoms with Crippen LogP contribution in [0.25, 0.3) is 0 Å². The second kappa shape index (κ2) is 9.13. The molecule has 1 aliphatic rings. The first-order chi connectivity index (χ1) is 12.7. The molecule has 8 nitrogen and oxygen atoms in total. The molecule has 0 saturated heterocycles. The zero-order chi connectivity index (χ0) is 20.1. The standard InChI is InChI=1S/C17H27N3O5S2/c1-3-20(4-2)27(24,25)16-12-10-15(11-13-16)26(22,23)19-18-17(21)14-8-6-5-7-9-14/h10-14,19H,3-9H2,1-2H3,(H,18,21). The molecule has 1 saturated carbocycles. The van der Waals surface area contributed by atoms with Crippen LogP contribution in [0.1, 0.15) is 46.0 Å². The molecule has 0 atom stereocenters. The lowest BCUT2D eigenvalue weighted by Crippen LogP contribution is -2.44. The largest absolute Gasteiger partial charge is 0.277 e. The summed E-state index contributed by atoms with van der Waals surface area (Å²) in [6, 6.07) is 4.94. The fourth-order valence-corrected chi connectivity index (χ4v) is 5.45. The quantitative estimate of drug-likeness (QED) is 0.624. The molecule has 2 N–H and O–H groups in total. The van der Waals surface area contributed by atoms with Crippen molar-refractivity contribution < 1.29 is 21.6 Å². The first kappa shape index (κ1) is 21.8. The minimum atomic E-state index is -3.98. The van der Waals surface area contributed by atoms with Gasteiger partial charge in [0.1, 0.15) is 0 Å². The molecule has 0 aliphatic heterocycles. The molecule has 0 aromatic heterocycles. The Kier molecular flexibility index (Phi) is 7.38. The summed E-state index contributed by atoms with van der Waals surface area (Å²) in [5.41, 5.74) is 2.27. The number of nitrogens with zero attached hydrogens (tertiary/aromatic N) is 1. The van der Waals surface area contributed by atoms with Crippen molar-refractivity contribution in [2.45, 2.75) is 55.7 Å². The second-order valence-electron chi connectivity index (χ2n) is 6.49. The number of benzene rings is 1. The van der Waals surface area contributed by atoms with E-state index in [0.717, 1.165) is 32.1 Å². The van der Waals surface area contributed by atoms with Gasteiger partial charge in [-0.2, -0.15) is 4.31 Å². The van der Waals surface area contributed by atoms with Crippen molar-refractivity contribution in [3.63, 3.8) is 0 Å².